The maximum Gasteiger partial charge on any atom is 0.394 e. The Balaban J connectivity index is 1.71. The number of morpholine rings is 1. The first kappa shape index (κ1) is 19.4. The summed E-state index contributed by atoms with van der Waals surface area (Å²) in [7, 11) is 0. The van der Waals surface area contributed by atoms with Gasteiger partial charge in [-0.05, 0) is 12.8 Å². The number of carbonyl (C=O) groups is 2. The first-order chi connectivity index (χ1) is 12.2. The number of rotatable bonds is 4. The van der Waals surface area contributed by atoms with Crippen molar-refractivity contribution in [2.45, 2.75) is 43.8 Å². The standard InChI is InChI=1S/C17H25F3N2O4/c18-17(19,20)13-11-21(10-12(13)15(24)25)14(23)9-16(3-1-2-4-16)22-5-7-26-8-6-22/h12-13H,1-11H2,(H,24,25)/t12-,13-/m1/s1. The number of aliphatic carboxylic acids is 1. The van der Waals surface area contributed by atoms with Crippen LogP contribution in [-0.4, -0.2) is 77.9 Å². The van der Waals surface area contributed by atoms with Gasteiger partial charge in [0.2, 0.25) is 5.91 Å². The van der Waals surface area contributed by atoms with Gasteiger partial charge in [-0.25, -0.2) is 0 Å². The first-order valence-electron chi connectivity index (χ1n) is 9.13. The Morgan fingerprint density at radius 1 is 1.12 bits per heavy atom. The van der Waals surface area contributed by atoms with Crippen molar-refractivity contribution in [2.75, 3.05) is 39.4 Å². The summed E-state index contributed by atoms with van der Waals surface area (Å²) in [4.78, 5) is 27.4. The van der Waals surface area contributed by atoms with Gasteiger partial charge in [0.1, 0.15) is 0 Å². The zero-order valence-electron chi connectivity index (χ0n) is 14.6. The van der Waals surface area contributed by atoms with Gasteiger partial charge in [-0.15, -0.1) is 0 Å². The van der Waals surface area contributed by atoms with E-state index in [-0.39, 0.29) is 24.4 Å². The van der Waals surface area contributed by atoms with Crippen LogP contribution < -0.4 is 0 Å². The highest BCUT2D eigenvalue weighted by Gasteiger charge is 2.54. The van der Waals surface area contributed by atoms with Gasteiger partial charge in [0.05, 0.1) is 25.0 Å². The average Bonchev–Trinajstić information content (AvgIpc) is 3.23. The lowest BCUT2D eigenvalue weighted by Gasteiger charge is -2.43. The molecule has 2 heterocycles. The number of carboxylic acid groups (broad SMARTS) is 1. The van der Waals surface area contributed by atoms with Gasteiger partial charge in [-0.1, -0.05) is 12.8 Å². The second kappa shape index (κ2) is 7.34. The minimum Gasteiger partial charge on any atom is -0.481 e. The minimum absolute atomic E-state index is 0.157. The van der Waals surface area contributed by atoms with Gasteiger partial charge < -0.3 is 14.7 Å². The molecular weight excluding hydrogens is 353 g/mol. The summed E-state index contributed by atoms with van der Waals surface area (Å²) >= 11 is 0. The molecule has 1 aliphatic carbocycles. The topological polar surface area (TPSA) is 70.1 Å². The molecule has 1 N–H and O–H groups in total. The Morgan fingerprint density at radius 3 is 2.23 bits per heavy atom. The minimum atomic E-state index is -4.62. The van der Waals surface area contributed by atoms with Crippen molar-refractivity contribution in [3.05, 3.63) is 0 Å². The molecule has 2 aliphatic heterocycles. The second-order valence-corrected chi connectivity index (χ2v) is 7.60. The van der Waals surface area contributed by atoms with E-state index in [4.69, 9.17) is 9.84 Å². The van der Waals surface area contributed by atoms with Gasteiger partial charge in [-0.3, -0.25) is 14.5 Å². The number of alkyl halides is 3. The Labute approximate surface area is 150 Å². The monoisotopic (exact) mass is 378 g/mol. The zero-order valence-corrected chi connectivity index (χ0v) is 14.6. The number of nitrogens with zero attached hydrogens (tertiary/aromatic N) is 2. The number of carboxylic acids is 1. The number of halogens is 3. The van der Waals surface area contributed by atoms with E-state index in [1.165, 1.54) is 0 Å². The third kappa shape index (κ3) is 3.83. The van der Waals surface area contributed by atoms with Crippen LogP contribution in [0, 0.1) is 11.8 Å². The van der Waals surface area contributed by atoms with Crippen LogP contribution in [-0.2, 0) is 14.3 Å². The molecule has 0 radical (unpaired) electrons. The van der Waals surface area contributed by atoms with E-state index >= 15 is 0 Å². The molecule has 0 spiro atoms. The molecule has 26 heavy (non-hydrogen) atoms. The molecule has 3 fully saturated rings. The Kier molecular flexibility index (Phi) is 5.48. The number of hydrogen-bond donors (Lipinski definition) is 1. The third-order valence-electron chi connectivity index (χ3n) is 6.11. The number of carbonyl (C=O) groups excluding carboxylic acids is 1. The van der Waals surface area contributed by atoms with Crippen LogP contribution in [0.4, 0.5) is 13.2 Å². The molecular formula is C17H25F3N2O4. The van der Waals surface area contributed by atoms with Crippen molar-refractivity contribution in [1.29, 1.82) is 0 Å². The molecule has 1 saturated carbocycles. The van der Waals surface area contributed by atoms with E-state index in [9.17, 15) is 22.8 Å². The quantitative estimate of drug-likeness (QED) is 0.807. The fraction of sp³-hybridized carbons (Fsp3) is 0.882. The summed E-state index contributed by atoms with van der Waals surface area (Å²) in [5.41, 5.74) is -0.324. The highest BCUT2D eigenvalue weighted by atomic mass is 19.4. The predicted octanol–water partition coefficient (Wildman–Crippen LogP) is 1.74. The van der Waals surface area contributed by atoms with Crippen molar-refractivity contribution in [1.82, 2.24) is 9.80 Å². The number of likely N-dealkylation sites (tertiary alicyclic amines) is 1. The van der Waals surface area contributed by atoms with Crippen LogP contribution in [0.1, 0.15) is 32.1 Å². The molecule has 2 atom stereocenters. The van der Waals surface area contributed by atoms with Crippen molar-refractivity contribution in [2.24, 2.45) is 11.8 Å². The lowest BCUT2D eigenvalue weighted by atomic mass is 9.89. The number of amides is 1. The normalized spacial score (nSPS) is 29.9. The Bertz CT molecular complexity index is 543. The molecule has 9 heteroatoms. The maximum atomic E-state index is 13.2. The second-order valence-electron chi connectivity index (χ2n) is 7.60. The molecule has 0 aromatic rings. The van der Waals surface area contributed by atoms with Crippen LogP contribution >= 0.6 is 0 Å². The summed E-state index contributed by atoms with van der Waals surface area (Å²) in [5, 5.41) is 9.13. The molecule has 3 rings (SSSR count). The van der Waals surface area contributed by atoms with Gasteiger partial charge in [0.25, 0.3) is 0 Å². The third-order valence-corrected chi connectivity index (χ3v) is 6.11. The number of ether oxygens (including phenoxy) is 1. The van der Waals surface area contributed by atoms with Crippen LogP contribution in [0.25, 0.3) is 0 Å². The largest absolute Gasteiger partial charge is 0.481 e. The van der Waals surface area contributed by atoms with E-state index in [0.29, 0.717) is 13.2 Å². The van der Waals surface area contributed by atoms with Crippen molar-refractivity contribution in [3.63, 3.8) is 0 Å². The fourth-order valence-electron chi connectivity index (χ4n) is 4.66. The molecule has 0 unspecified atom stereocenters. The van der Waals surface area contributed by atoms with E-state index < -0.39 is 30.5 Å². The smallest absolute Gasteiger partial charge is 0.394 e. The maximum absolute atomic E-state index is 13.2. The lowest BCUT2D eigenvalue weighted by molar-refractivity contribution is -0.188. The molecule has 6 nitrogen and oxygen atoms in total. The molecule has 0 aromatic carbocycles. The van der Waals surface area contributed by atoms with Gasteiger partial charge in [-0.2, -0.15) is 13.2 Å². The van der Waals surface area contributed by atoms with E-state index in [1.54, 1.807) is 0 Å². The summed E-state index contributed by atoms with van der Waals surface area (Å²) in [6.07, 6.45) is -0.784. The Hall–Kier alpha value is -1.35. The van der Waals surface area contributed by atoms with E-state index in [0.717, 1.165) is 43.7 Å². The van der Waals surface area contributed by atoms with Gasteiger partial charge >= 0.3 is 12.1 Å². The summed E-state index contributed by atoms with van der Waals surface area (Å²) < 4.78 is 44.8. The van der Waals surface area contributed by atoms with Gasteiger partial charge in [0.15, 0.2) is 0 Å². The van der Waals surface area contributed by atoms with E-state index in [2.05, 4.69) is 4.90 Å². The highest BCUT2D eigenvalue weighted by molar-refractivity contribution is 5.80. The fourth-order valence-corrected chi connectivity index (χ4v) is 4.66. The molecule has 3 aliphatic rings. The van der Waals surface area contributed by atoms with Crippen molar-refractivity contribution < 1.29 is 32.6 Å². The van der Waals surface area contributed by atoms with Crippen molar-refractivity contribution in [3.8, 4) is 0 Å². The average molecular weight is 378 g/mol. The predicted molar refractivity (Wildman–Crippen MR) is 85.5 cm³/mol. The summed E-state index contributed by atoms with van der Waals surface area (Å²) in [6.45, 7) is 1.70. The van der Waals surface area contributed by atoms with Crippen molar-refractivity contribution >= 4 is 11.9 Å². The van der Waals surface area contributed by atoms with Crippen LogP contribution in [0.3, 0.4) is 0 Å². The summed E-state index contributed by atoms with van der Waals surface area (Å²) in [5.74, 6) is -5.43. The molecule has 0 aromatic heterocycles. The van der Waals surface area contributed by atoms with Crippen LogP contribution in [0.15, 0.2) is 0 Å². The zero-order chi connectivity index (χ0) is 18.9. The van der Waals surface area contributed by atoms with Crippen LogP contribution in [0.2, 0.25) is 0 Å². The van der Waals surface area contributed by atoms with Crippen LogP contribution in [0.5, 0.6) is 0 Å². The molecule has 2 saturated heterocycles. The summed E-state index contributed by atoms with van der Waals surface area (Å²) in [6, 6.07) is 0. The molecule has 148 valence electrons. The SMILES string of the molecule is O=C(O)[C@@H]1CN(C(=O)CC2(N3CCOCC3)CCCC2)C[C@H]1C(F)(F)F. The number of hydrogen-bond acceptors (Lipinski definition) is 4. The first-order valence-corrected chi connectivity index (χ1v) is 9.13. The molecule has 1 amide bonds. The Morgan fingerprint density at radius 2 is 1.73 bits per heavy atom. The highest BCUT2D eigenvalue weighted by Crippen LogP contribution is 2.41. The van der Waals surface area contributed by atoms with E-state index in [1.807, 2.05) is 0 Å². The lowest BCUT2D eigenvalue weighted by Crippen LogP contribution is -2.54. The molecule has 0 bridgehead atoms. The van der Waals surface area contributed by atoms with Gasteiger partial charge in [0, 0.05) is 38.1 Å².